The van der Waals surface area contributed by atoms with E-state index in [4.69, 9.17) is 0 Å². The molecule has 3 heterocycles. The number of anilines is 1. The van der Waals surface area contributed by atoms with Crippen LogP contribution in [0.1, 0.15) is 30.4 Å². The lowest BCUT2D eigenvalue weighted by molar-refractivity contribution is -0.136. The third-order valence-corrected chi connectivity index (χ3v) is 6.23. The van der Waals surface area contributed by atoms with Crippen LogP contribution in [0.15, 0.2) is 41.3 Å². The number of Topliss-reactive ketones (excluding diaryl/α,β-unsaturated/α-hetero) is 1. The van der Waals surface area contributed by atoms with Crippen molar-refractivity contribution in [3.63, 3.8) is 0 Å². The van der Waals surface area contributed by atoms with E-state index in [-0.39, 0.29) is 21.1 Å². The number of nitrogens with one attached hydrogen (secondary N) is 1. The molecule has 9 heteroatoms. The minimum absolute atomic E-state index is 0.0376. The summed E-state index contributed by atoms with van der Waals surface area (Å²) in [7, 11) is 0. The molecule has 3 aromatic rings. The van der Waals surface area contributed by atoms with Gasteiger partial charge in [-0.15, -0.1) is 0 Å². The molecular formula is C20H18F3N3O2S. The van der Waals surface area contributed by atoms with Gasteiger partial charge in [0.15, 0.2) is 10.9 Å². The molecule has 0 spiro atoms. The number of ketones is 1. The summed E-state index contributed by atoms with van der Waals surface area (Å²) in [6.07, 6.45) is -1.57. The number of carbonyl (C=O) groups excluding carboxylic acids is 1. The Bertz CT molecular complexity index is 1090. The molecule has 0 bridgehead atoms. The van der Waals surface area contributed by atoms with Gasteiger partial charge in [-0.05, 0) is 24.8 Å². The predicted molar refractivity (Wildman–Crippen MR) is 105 cm³/mol. The Labute approximate surface area is 168 Å². The van der Waals surface area contributed by atoms with Gasteiger partial charge < -0.3 is 9.88 Å². The summed E-state index contributed by atoms with van der Waals surface area (Å²) in [5.41, 5.74) is -0.752. The molecule has 4 rings (SSSR count). The number of pyridine rings is 1. The minimum atomic E-state index is -4.60. The van der Waals surface area contributed by atoms with E-state index in [1.165, 1.54) is 0 Å². The van der Waals surface area contributed by atoms with Crippen LogP contribution in [0.4, 0.5) is 18.3 Å². The lowest BCUT2D eigenvalue weighted by atomic mass is 10.0. The van der Waals surface area contributed by atoms with Crippen molar-refractivity contribution in [2.75, 3.05) is 11.4 Å². The first kappa shape index (κ1) is 19.6. The van der Waals surface area contributed by atoms with E-state index in [9.17, 15) is 22.8 Å². The summed E-state index contributed by atoms with van der Waals surface area (Å²) in [5, 5.41) is 0.290. The summed E-state index contributed by atoms with van der Waals surface area (Å²) >= 11 is 0.820. The Morgan fingerprint density at radius 2 is 2.03 bits per heavy atom. The molecular weight excluding hydrogens is 403 g/mol. The molecule has 152 valence electrons. The standard InChI is InChI=1S/C20H18F3N3O2S/c21-20(22,23)13-11-24-18(28)16-17(13)29-19(25-16)26-10-4-7-14(26)15(27)9-8-12-5-2-1-3-6-12/h1-3,5-6,11,14H,4,7-10H2,(H,24,28)/t14-/m1/s1. The maximum absolute atomic E-state index is 13.3. The molecule has 1 atom stereocenters. The average molecular weight is 421 g/mol. The maximum atomic E-state index is 13.3. The molecule has 0 amide bonds. The third-order valence-electron chi connectivity index (χ3n) is 5.10. The fraction of sp³-hybridized carbons (Fsp3) is 0.350. The van der Waals surface area contributed by atoms with E-state index in [0.29, 0.717) is 32.0 Å². The number of thiazole rings is 1. The van der Waals surface area contributed by atoms with Crippen LogP contribution in [0.3, 0.4) is 0 Å². The van der Waals surface area contributed by atoms with Crippen LogP contribution in [0, 0.1) is 0 Å². The van der Waals surface area contributed by atoms with Gasteiger partial charge in [0.2, 0.25) is 0 Å². The number of aromatic amines is 1. The van der Waals surface area contributed by atoms with E-state index >= 15 is 0 Å². The first-order valence-corrected chi connectivity index (χ1v) is 10.1. The number of fused-ring (bicyclic) bond motifs is 1. The van der Waals surface area contributed by atoms with Gasteiger partial charge in [0, 0.05) is 19.2 Å². The number of nitrogens with zero attached hydrogens (tertiary/aromatic N) is 2. The molecule has 1 fully saturated rings. The van der Waals surface area contributed by atoms with Crippen LogP contribution in [0.5, 0.6) is 0 Å². The van der Waals surface area contributed by atoms with E-state index in [1.807, 2.05) is 30.3 Å². The largest absolute Gasteiger partial charge is 0.419 e. The number of alkyl halides is 3. The number of rotatable bonds is 5. The van der Waals surface area contributed by atoms with Crippen molar-refractivity contribution in [2.45, 2.75) is 37.9 Å². The normalized spacial score (nSPS) is 17.2. The van der Waals surface area contributed by atoms with Crippen molar-refractivity contribution in [3.8, 4) is 0 Å². The molecule has 0 unspecified atom stereocenters. The van der Waals surface area contributed by atoms with Crippen molar-refractivity contribution in [2.24, 2.45) is 0 Å². The highest BCUT2D eigenvalue weighted by Crippen LogP contribution is 2.39. The van der Waals surface area contributed by atoms with Crippen LogP contribution >= 0.6 is 11.3 Å². The van der Waals surface area contributed by atoms with Crippen LogP contribution in [0.2, 0.25) is 0 Å². The Morgan fingerprint density at radius 1 is 1.28 bits per heavy atom. The average Bonchev–Trinajstić information content (AvgIpc) is 3.33. The predicted octanol–water partition coefficient (Wildman–Crippen LogP) is 4.17. The summed E-state index contributed by atoms with van der Waals surface area (Å²) in [5.74, 6) is 0.0376. The highest BCUT2D eigenvalue weighted by molar-refractivity contribution is 7.22. The summed E-state index contributed by atoms with van der Waals surface area (Å²) < 4.78 is 39.7. The third kappa shape index (κ3) is 3.91. The van der Waals surface area contributed by atoms with Crippen molar-refractivity contribution >= 4 is 32.5 Å². The molecule has 1 N–H and O–H groups in total. The zero-order valence-electron chi connectivity index (χ0n) is 15.3. The monoisotopic (exact) mass is 421 g/mol. The smallest absolute Gasteiger partial charge is 0.338 e. The molecule has 0 aliphatic carbocycles. The van der Waals surface area contributed by atoms with Crippen molar-refractivity contribution in [3.05, 3.63) is 58.0 Å². The topological polar surface area (TPSA) is 66.1 Å². The zero-order chi connectivity index (χ0) is 20.6. The quantitative estimate of drug-likeness (QED) is 0.672. The van der Waals surface area contributed by atoms with Crippen LogP contribution < -0.4 is 10.5 Å². The molecule has 0 radical (unpaired) electrons. The number of aryl methyl sites for hydroxylation is 1. The van der Waals surface area contributed by atoms with Gasteiger partial charge in [-0.25, -0.2) is 4.98 Å². The fourth-order valence-corrected chi connectivity index (χ4v) is 4.83. The number of hydrogen-bond donors (Lipinski definition) is 1. The molecule has 0 saturated carbocycles. The number of hydrogen-bond acceptors (Lipinski definition) is 5. The summed E-state index contributed by atoms with van der Waals surface area (Å²) in [6.45, 7) is 0.529. The maximum Gasteiger partial charge on any atom is 0.419 e. The van der Waals surface area contributed by atoms with Gasteiger partial charge in [-0.1, -0.05) is 41.7 Å². The summed E-state index contributed by atoms with van der Waals surface area (Å²) in [4.78, 5) is 32.8. The zero-order valence-corrected chi connectivity index (χ0v) is 16.1. The number of aromatic nitrogens is 2. The first-order valence-electron chi connectivity index (χ1n) is 9.27. The molecule has 1 saturated heterocycles. The van der Waals surface area contributed by atoms with E-state index in [1.54, 1.807) is 4.90 Å². The van der Waals surface area contributed by atoms with Gasteiger partial charge in [0.1, 0.15) is 5.52 Å². The second kappa shape index (κ2) is 7.62. The number of carbonyl (C=O) groups is 1. The number of H-pyrrole nitrogens is 1. The van der Waals surface area contributed by atoms with Crippen molar-refractivity contribution < 1.29 is 18.0 Å². The first-order chi connectivity index (χ1) is 13.8. The summed E-state index contributed by atoms with van der Waals surface area (Å²) in [6, 6.07) is 9.23. The van der Waals surface area contributed by atoms with E-state index < -0.39 is 23.3 Å². The molecule has 1 aliphatic rings. The van der Waals surface area contributed by atoms with E-state index in [0.717, 1.165) is 23.3 Å². The fourth-order valence-electron chi connectivity index (χ4n) is 3.66. The highest BCUT2D eigenvalue weighted by atomic mass is 32.1. The van der Waals surface area contributed by atoms with Crippen molar-refractivity contribution in [1.29, 1.82) is 0 Å². The Kier molecular flexibility index (Phi) is 5.16. The van der Waals surface area contributed by atoms with E-state index in [2.05, 4.69) is 9.97 Å². The Morgan fingerprint density at radius 3 is 2.76 bits per heavy atom. The molecule has 1 aliphatic heterocycles. The Balaban J connectivity index is 1.60. The molecule has 1 aromatic carbocycles. The van der Waals surface area contributed by atoms with Crippen molar-refractivity contribution in [1.82, 2.24) is 9.97 Å². The second-order valence-corrected chi connectivity index (χ2v) is 7.98. The van der Waals surface area contributed by atoms with Crippen LogP contribution in [-0.4, -0.2) is 28.3 Å². The SMILES string of the molecule is O=C(CCc1ccccc1)[C@H]1CCCN1c1nc2c(=O)[nH]cc(C(F)(F)F)c2s1. The number of halogens is 3. The second-order valence-electron chi connectivity index (χ2n) is 7.01. The highest BCUT2D eigenvalue weighted by Gasteiger charge is 2.37. The van der Waals surface area contributed by atoms with Gasteiger partial charge in [-0.3, -0.25) is 9.59 Å². The molecule has 29 heavy (non-hydrogen) atoms. The van der Waals surface area contributed by atoms with Gasteiger partial charge in [0.05, 0.1) is 16.3 Å². The van der Waals surface area contributed by atoms with Gasteiger partial charge >= 0.3 is 6.18 Å². The van der Waals surface area contributed by atoms with Gasteiger partial charge in [-0.2, -0.15) is 13.2 Å². The lowest BCUT2D eigenvalue weighted by Gasteiger charge is -2.22. The molecule has 2 aromatic heterocycles. The number of benzene rings is 1. The molecule has 5 nitrogen and oxygen atoms in total. The lowest BCUT2D eigenvalue weighted by Crippen LogP contribution is -2.36. The van der Waals surface area contributed by atoms with Crippen LogP contribution in [-0.2, 0) is 17.4 Å². The Hall–Kier alpha value is -2.68. The van der Waals surface area contributed by atoms with Gasteiger partial charge in [0.25, 0.3) is 5.56 Å². The van der Waals surface area contributed by atoms with Crippen LogP contribution in [0.25, 0.3) is 10.2 Å². The minimum Gasteiger partial charge on any atom is -0.338 e.